The number of pyridine rings is 1. The van der Waals surface area contributed by atoms with Gasteiger partial charge >= 0.3 is 0 Å². The lowest BCUT2D eigenvalue weighted by Gasteiger charge is -2.47. The van der Waals surface area contributed by atoms with E-state index in [-0.39, 0.29) is 16.0 Å². The van der Waals surface area contributed by atoms with E-state index in [4.69, 9.17) is 4.74 Å². The second kappa shape index (κ2) is 8.97. The summed E-state index contributed by atoms with van der Waals surface area (Å²) in [5.74, 6) is 0. The van der Waals surface area contributed by atoms with Gasteiger partial charge in [-0.05, 0) is 62.2 Å². The van der Waals surface area contributed by atoms with Crippen molar-refractivity contribution < 1.29 is 13.2 Å². The normalized spacial score (nSPS) is 17.8. The van der Waals surface area contributed by atoms with Crippen molar-refractivity contribution in [2.24, 2.45) is 12.5 Å². The highest BCUT2D eigenvalue weighted by Gasteiger charge is 2.40. The fraction of sp³-hybridized carbons (Fsp3) is 0.345. The van der Waals surface area contributed by atoms with Crippen LogP contribution in [0.1, 0.15) is 24.0 Å². The van der Waals surface area contributed by atoms with Crippen molar-refractivity contribution in [3.8, 4) is 11.1 Å². The number of piperidine rings is 1. The number of benzene rings is 2. The summed E-state index contributed by atoms with van der Waals surface area (Å²) in [6, 6.07) is 16.8. The lowest BCUT2D eigenvalue weighted by molar-refractivity contribution is -0.140. The summed E-state index contributed by atoms with van der Waals surface area (Å²) in [5.41, 5.74) is 4.02. The average Bonchev–Trinajstić information content (AvgIpc) is 3.28. The monoisotopic (exact) mass is 517 g/mol. The molecular weight excluding hydrogens is 486 g/mol. The maximum Gasteiger partial charge on any atom is 0.275 e. The Balaban J connectivity index is 1.34. The number of ether oxygens (including phenoxy) is 1. The molecule has 2 aliphatic heterocycles. The Kier molecular flexibility index (Phi) is 5.86. The van der Waals surface area contributed by atoms with Gasteiger partial charge < -0.3 is 9.30 Å². The van der Waals surface area contributed by atoms with Crippen molar-refractivity contribution in [3.63, 3.8) is 0 Å². The van der Waals surface area contributed by atoms with E-state index in [1.54, 1.807) is 43.7 Å². The van der Waals surface area contributed by atoms with E-state index in [1.165, 1.54) is 23.0 Å². The minimum Gasteiger partial charge on any atom is -0.380 e. The van der Waals surface area contributed by atoms with Gasteiger partial charge in [0.1, 0.15) is 5.52 Å². The van der Waals surface area contributed by atoms with Gasteiger partial charge in [0.15, 0.2) is 0 Å². The predicted molar refractivity (Wildman–Crippen MR) is 144 cm³/mol. The van der Waals surface area contributed by atoms with E-state index in [2.05, 4.69) is 17.0 Å². The molecule has 0 radical (unpaired) electrons. The van der Waals surface area contributed by atoms with Gasteiger partial charge in [-0.3, -0.25) is 9.69 Å². The summed E-state index contributed by atoms with van der Waals surface area (Å²) in [6.07, 6.45) is 5.65. The number of likely N-dealkylation sites (tertiary alicyclic amines) is 1. The molecule has 2 aromatic heterocycles. The maximum absolute atomic E-state index is 13.6. The van der Waals surface area contributed by atoms with Gasteiger partial charge in [0, 0.05) is 42.4 Å². The van der Waals surface area contributed by atoms with Crippen LogP contribution >= 0.6 is 0 Å². The molecule has 2 fully saturated rings. The number of aryl methyl sites for hydroxylation is 2. The average molecular weight is 518 g/mol. The van der Waals surface area contributed by atoms with Gasteiger partial charge in [-0.15, -0.1) is 0 Å². The summed E-state index contributed by atoms with van der Waals surface area (Å²) in [6.45, 7) is 6.78. The number of fused-ring (bicyclic) bond motifs is 1. The van der Waals surface area contributed by atoms with Crippen LogP contribution in [0, 0.1) is 12.3 Å². The standard InChI is InChI=1S/C29H31N3O4S/c1-21-3-9-24(10-4-21)37(34,35)32-18-26(25-11-14-30(2)28(33)27(25)32)23-7-5-22(6-8-23)17-31-15-12-29(13-16-31)19-36-20-29/h3-11,14,18H,12-13,15-17,19-20H2,1-2H3. The molecular formula is C29H31N3O4S. The van der Waals surface area contributed by atoms with Crippen LogP contribution in [0.25, 0.3) is 22.0 Å². The molecule has 2 aromatic carbocycles. The number of nitrogens with zero attached hydrogens (tertiary/aromatic N) is 3. The largest absolute Gasteiger partial charge is 0.380 e. The summed E-state index contributed by atoms with van der Waals surface area (Å²) >= 11 is 0. The zero-order chi connectivity index (χ0) is 25.8. The first kappa shape index (κ1) is 24.2. The van der Waals surface area contributed by atoms with Gasteiger partial charge in [-0.25, -0.2) is 12.4 Å². The third-order valence-electron chi connectivity index (χ3n) is 7.98. The molecule has 8 heteroatoms. The molecule has 7 nitrogen and oxygen atoms in total. The van der Waals surface area contributed by atoms with Gasteiger partial charge in [0.25, 0.3) is 15.6 Å². The number of rotatable bonds is 5. The Hall–Kier alpha value is -3.20. The number of hydrogen-bond donors (Lipinski definition) is 0. The molecule has 4 aromatic rings. The molecule has 0 aliphatic carbocycles. The van der Waals surface area contributed by atoms with Gasteiger partial charge in [-0.2, -0.15) is 0 Å². The fourth-order valence-corrected chi connectivity index (χ4v) is 6.82. The smallest absolute Gasteiger partial charge is 0.275 e. The zero-order valence-electron chi connectivity index (χ0n) is 21.2. The zero-order valence-corrected chi connectivity index (χ0v) is 22.0. The second-order valence-corrected chi connectivity index (χ2v) is 12.4. The summed E-state index contributed by atoms with van der Waals surface area (Å²) in [7, 11) is -2.32. The van der Waals surface area contributed by atoms with Crippen molar-refractivity contribution in [2.45, 2.75) is 31.2 Å². The molecule has 0 N–H and O–H groups in total. The van der Waals surface area contributed by atoms with Crippen LogP contribution in [0.4, 0.5) is 0 Å². The summed E-state index contributed by atoms with van der Waals surface area (Å²) < 4.78 is 35.2. The van der Waals surface area contributed by atoms with E-state index < -0.39 is 10.0 Å². The van der Waals surface area contributed by atoms with Crippen molar-refractivity contribution in [3.05, 3.63) is 88.5 Å². The van der Waals surface area contributed by atoms with E-state index >= 15 is 0 Å². The topological polar surface area (TPSA) is 73.5 Å². The van der Waals surface area contributed by atoms with E-state index in [0.29, 0.717) is 10.8 Å². The molecule has 37 heavy (non-hydrogen) atoms. The van der Waals surface area contributed by atoms with Gasteiger partial charge in [-0.1, -0.05) is 42.0 Å². The number of aromatic nitrogens is 2. The van der Waals surface area contributed by atoms with Gasteiger partial charge in [0.05, 0.1) is 18.1 Å². The summed E-state index contributed by atoms with van der Waals surface area (Å²) in [5, 5.41) is 0.621. The van der Waals surface area contributed by atoms with Crippen LogP contribution < -0.4 is 5.56 Å². The molecule has 0 saturated carbocycles. The first-order valence-electron chi connectivity index (χ1n) is 12.7. The molecule has 0 bridgehead atoms. The first-order chi connectivity index (χ1) is 17.8. The SMILES string of the molecule is Cc1ccc(S(=O)(=O)n2cc(-c3ccc(CN4CCC5(CC4)COC5)cc3)c3ccn(C)c(=O)c32)cc1. The molecule has 2 saturated heterocycles. The van der Waals surface area contributed by atoms with Crippen molar-refractivity contribution in [1.29, 1.82) is 0 Å². The van der Waals surface area contributed by atoms with Crippen molar-refractivity contribution in [1.82, 2.24) is 13.4 Å². The highest BCUT2D eigenvalue weighted by molar-refractivity contribution is 7.90. The predicted octanol–water partition coefficient (Wildman–Crippen LogP) is 4.16. The molecule has 4 heterocycles. The maximum atomic E-state index is 13.6. The Morgan fingerprint density at radius 1 is 0.946 bits per heavy atom. The van der Waals surface area contributed by atoms with Crippen LogP contribution in [-0.2, 0) is 28.4 Å². The Labute approximate surface area is 217 Å². The van der Waals surface area contributed by atoms with Crippen molar-refractivity contribution in [2.75, 3.05) is 26.3 Å². The first-order valence-corrected chi connectivity index (χ1v) is 14.1. The Morgan fingerprint density at radius 2 is 1.62 bits per heavy atom. The Bertz CT molecular complexity index is 1620. The summed E-state index contributed by atoms with van der Waals surface area (Å²) in [4.78, 5) is 15.8. The van der Waals surface area contributed by atoms with Crippen LogP contribution in [0.3, 0.4) is 0 Å². The second-order valence-electron chi connectivity index (χ2n) is 10.6. The molecule has 2 aliphatic rings. The van der Waals surface area contributed by atoms with Gasteiger partial charge in [0.2, 0.25) is 0 Å². The Morgan fingerprint density at radius 3 is 2.24 bits per heavy atom. The molecule has 6 rings (SSSR count). The number of hydrogen-bond acceptors (Lipinski definition) is 5. The quantitative estimate of drug-likeness (QED) is 0.397. The van der Waals surface area contributed by atoms with E-state index in [9.17, 15) is 13.2 Å². The lowest BCUT2D eigenvalue weighted by atomic mass is 9.77. The highest BCUT2D eigenvalue weighted by atomic mass is 32.2. The van der Waals surface area contributed by atoms with E-state index in [0.717, 1.165) is 53.5 Å². The van der Waals surface area contributed by atoms with Crippen LogP contribution in [0.15, 0.2) is 76.7 Å². The minimum absolute atomic E-state index is 0.152. The fourth-order valence-electron chi connectivity index (χ4n) is 5.45. The third kappa shape index (κ3) is 4.23. The highest BCUT2D eigenvalue weighted by Crippen LogP contribution is 2.39. The van der Waals surface area contributed by atoms with Crippen LogP contribution in [0.2, 0.25) is 0 Å². The minimum atomic E-state index is -3.96. The van der Waals surface area contributed by atoms with Crippen molar-refractivity contribution >= 4 is 20.9 Å². The molecule has 1 spiro atoms. The van der Waals surface area contributed by atoms with E-state index in [1.807, 2.05) is 25.1 Å². The third-order valence-corrected chi connectivity index (χ3v) is 9.66. The molecule has 0 unspecified atom stereocenters. The van der Waals surface area contributed by atoms with Crippen LogP contribution in [0.5, 0.6) is 0 Å². The molecule has 192 valence electrons. The lowest BCUT2D eigenvalue weighted by Crippen LogP contribution is -2.50. The van der Waals surface area contributed by atoms with Crippen LogP contribution in [-0.4, -0.2) is 48.2 Å². The molecule has 0 amide bonds. The molecule has 0 atom stereocenters.